The maximum absolute atomic E-state index is 15.1. The highest BCUT2D eigenvalue weighted by Gasteiger charge is 2.72. The number of carbonyl (C=O) groups excluding carboxylic acids is 3. The molecule has 1 fully saturated rings. The number of esters is 1. The fourth-order valence-corrected chi connectivity index (χ4v) is 5.13. The summed E-state index contributed by atoms with van der Waals surface area (Å²) in [5, 5.41) is 4.77. The van der Waals surface area contributed by atoms with Crippen molar-refractivity contribution in [3.8, 4) is 0 Å². The lowest BCUT2D eigenvalue weighted by molar-refractivity contribution is -0.154. The van der Waals surface area contributed by atoms with Gasteiger partial charge in [-0.25, -0.2) is 17.6 Å². The third-order valence-electron chi connectivity index (χ3n) is 6.23. The topological polar surface area (TPSA) is 84.5 Å². The van der Waals surface area contributed by atoms with Gasteiger partial charge >= 0.3 is 5.97 Å². The third kappa shape index (κ3) is 6.99. The summed E-state index contributed by atoms with van der Waals surface area (Å²) < 4.78 is 63.8. The summed E-state index contributed by atoms with van der Waals surface area (Å²) >= 11 is 18.0. The van der Waals surface area contributed by atoms with Crippen molar-refractivity contribution in [3.05, 3.63) is 91.9 Å². The lowest BCUT2D eigenvalue weighted by Crippen LogP contribution is -2.25. The summed E-state index contributed by atoms with van der Waals surface area (Å²) in [6, 6.07) is 9.45. The number of ether oxygens (including phenoxy) is 1. The largest absolute Gasteiger partial charge is 0.460 e. The van der Waals surface area contributed by atoms with E-state index in [0.29, 0.717) is 0 Å². The number of alkyl halides is 2. The predicted molar refractivity (Wildman–Crippen MR) is 152 cm³/mol. The molecule has 0 radical (unpaired) electrons. The van der Waals surface area contributed by atoms with Crippen molar-refractivity contribution in [3.63, 3.8) is 0 Å². The SMILES string of the molecule is CC(C)(C)OC(=O)Cc1c(F)ccc(NC(=O)c2cc(NC(=O)C3C(c4cc(Cl)cc(Cl)c4)C3(F)F)ccc2Cl)c1F. The molecule has 0 saturated heterocycles. The van der Waals surface area contributed by atoms with Crippen LogP contribution in [0.15, 0.2) is 48.5 Å². The minimum atomic E-state index is -3.37. The molecule has 13 heteroatoms. The van der Waals surface area contributed by atoms with Gasteiger partial charge in [0.25, 0.3) is 11.8 Å². The smallest absolute Gasteiger partial charge is 0.311 e. The summed E-state index contributed by atoms with van der Waals surface area (Å²) in [7, 11) is 0. The molecule has 2 amide bonds. The first-order valence-electron chi connectivity index (χ1n) is 12.4. The highest BCUT2D eigenvalue weighted by atomic mass is 35.5. The molecule has 42 heavy (non-hydrogen) atoms. The monoisotopic (exact) mass is 644 g/mol. The van der Waals surface area contributed by atoms with Crippen LogP contribution in [-0.4, -0.2) is 29.3 Å². The Morgan fingerprint density at radius 1 is 0.929 bits per heavy atom. The highest BCUT2D eigenvalue weighted by molar-refractivity contribution is 6.35. The minimum absolute atomic E-state index is 0.0367. The number of benzene rings is 3. The van der Waals surface area contributed by atoms with Gasteiger partial charge in [0.2, 0.25) is 5.91 Å². The normalized spacial score (nSPS) is 17.4. The molecule has 4 rings (SSSR count). The van der Waals surface area contributed by atoms with Gasteiger partial charge in [0.05, 0.1) is 28.6 Å². The standard InChI is InChI=1S/C29H23Cl3F4N2O4/c1-28(2,3)42-22(39)12-18-20(33)6-7-21(25(18)34)38-26(40)17-11-16(4-5-19(17)32)37-27(41)24-23(29(24,35)36)13-8-14(30)10-15(31)9-13/h4-11,23-24H,12H2,1-3H3,(H,37,41)(H,38,40). The molecule has 222 valence electrons. The van der Waals surface area contributed by atoms with Crippen LogP contribution >= 0.6 is 34.8 Å². The van der Waals surface area contributed by atoms with Crippen molar-refractivity contribution in [1.82, 2.24) is 0 Å². The first-order valence-corrected chi connectivity index (χ1v) is 13.6. The minimum Gasteiger partial charge on any atom is -0.460 e. The average Bonchev–Trinajstić information content (AvgIpc) is 3.45. The van der Waals surface area contributed by atoms with Gasteiger partial charge in [0.1, 0.15) is 17.3 Å². The fourth-order valence-electron chi connectivity index (χ4n) is 4.39. The molecular formula is C29H23Cl3F4N2O4. The Kier molecular flexibility index (Phi) is 8.83. The van der Waals surface area contributed by atoms with Gasteiger partial charge < -0.3 is 15.4 Å². The summed E-state index contributed by atoms with van der Waals surface area (Å²) in [6.45, 7) is 4.79. The highest BCUT2D eigenvalue weighted by Crippen LogP contribution is 2.62. The van der Waals surface area contributed by atoms with E-state index in [4.69, 9.17) is 39.5 Å². The molecule has 0 aromatic heterocycles. The third-order valence-corrected chi connectivity index (χ3v) is 7.00. The predicted octanol–water partition coefficient (Wildman–Crippen LogP) is 8.05. The van der Waals surface area contributed by atoms with Crippen LogP contribution in [0.2, 0.25) is 15.1 Å². The molecule has 2 unspecified atom stereocenters. The second-order valence-electron chi connectivity index (χ2n) is 10.6. The van der Waals surface area contributed by atoms with E-state index in [1.165, 1.54) is 30.3 Å². The molecule has 2 N–H and O–H groups in total. The van der Waals surface area contributed by atoms with Crippen LogP contribution in [0.3, 0.4) is 0 Å². The van der Waals surface area contributed by atoms with E-state index < -0.39 is 70.4 Å². The van der Waals surface area contributed by atoms with Crippen LogP contribution in [0.4, 0.5) is 28.9 Å². The van der Waals surface area contributed by atoms with Crippen molar-refractivity contribution < 1.29 is 36.7 Å². The number of anilines is 2. The molecule has 3 aromatic rings. The Bertz CT molecular complexity index is 1570. The molecule has 3 aromatic carbocycles. The van der Waals surface area contributed by atoms with Crippen molar-refractivity contribution in [2.45, 2.75) is 44.6 Å². The number of carbonyl (C=O) groups is 3. The van der Waals surface area contributed by atoms with Gasteiger partial charge in [0.15, 0.2) is 5.82 Å². The number of amides is 2. The fraction of sp³-hybridized carbons (Fsp3) is 0.276. The zero-order chi connectivity index (χ0) is 31.1. The van der Waals surface area contributed by atoms with Crippen LogP contribution in [0, 0.1) is 17.6 Å². The second-order valence-corrected chi connectivity index (χ2v) is 11.9. The van der Waals surface area contributed by atoms with Crippen LogP contribution in [0.5, 0.6) is 0 Å². The average molecular weight is 646 g/mol. The molecular weight excluding hydrogens is 623 g/mol. The van der Waals surface area contributed by atoms with Crippen LogP contribution in [-0.2, 0) is 20.7 Å². The maximum Gasteiger partial charge on any atom is 0.311 e. The Morgan fingerprint density at radius 2 is 1.57 bits per heavy atom. The first-order chi connectivity index (χ1) is 19.5. The van der Waals surface area contributed by atoms with Gasteiger partial charge in [-0.15, -0.1) is 0 Å². The summed E-state index contributed by atoms with van der Waals surface area (Å²) in [6.07, 6.45) is -0.727. The van der Waals surface area contributed by atoms with Gasteiger partial charge in [-0.2, -0.15) is 0 Å². The van der Waals surface area contributed by atoms with Gasteiger partial charge in [-0.05, 0) is 74.9 Å². The summed E-state index contributed by atoms with van der Waals surface area (Å²) in [5.41, 5.74) is -2.13. The van der Waals surface area contributed by atoms with E-state index in [2.05, 4.69) is 10.6 Å². The van der Waals surface area contributed by atoms with Gasteiger partial charge in [0, 0.05) is 21.3 Å². The van der Waals surface area contributed by atoms with Crippen LogP contribution in [0.1, 0.15) is 48.2 Å². The lowest BCUT2D eigenvalue weighted by Gasteiger charge is -2.20. The first kappa shape index (κ1) is 31.6. The van der Waals surface area contributed by atoms with Gasteiger partial charge in [-0.3, -0.25) is 14.4 Å². The van der Waals surface area contributed by atoms with Crippen molar-refractivity contribution >= 4 is 64.0 Å². The van der Waals surface area contributed by atoms with E-state index in [1.807, 2.05) is 0 Å². The van der Waals surface area contributed by atoms with Crippen molar-refractivity contribution in [2.24, 2.45) is 5.92 Å². The Hall–Kier alpha value is -3.34. The molecule has 1 saturated carbocycles. The molecule has 0 heterocycles. The molecule has 2 atom stereocenters. The summed E-state index contributed by atoms with van der Waals surface area (Å²) in [4.78, 5) is 37.9. The lowest BCUT2D eigenvalue weighted by atomic mass is 10.1. The van der Waals surface area contributed by atoms with E-state index in [9.17, 15) is 27.6 Å². The van der Waals surface area contributed by atoms with Crippen LogP contribution in [0.25, 0.3) is 0 Å². The molecule has 1 aliphatic rings. The number of nitrogens with one attached hydrogen (secondary N) is 2. The zero-order valence-corrected chi connectivity index (χ0v) is 24.5. The second kappa shape index (κ2) is 11.7. The number of halogens is 7. The number of rotatable bonds is 7. The zero-order valence-electron chi connectivity index (χ0n) is 22.3. The van der Waals surface area contributed by atoms with E-state index in [-0.39, 0.29) is 31.9 Å². The Labute approximate surface area is 253 Å². The van der Waals surface area contributed by atoms with Crippen molar-refractivity contribution in [1.29, 1.82) is 0 Å². The molecule has 0 spiro atoms. The molecule has 1 aliphatic carbocycles. The van der Waals surface area contributed by atoms with E-state index >= 15 is 4.39 Å². The van der Waals surface area contributed by atoms with Gasteiger partial charge in [-0.1, -0.05) is 34.8 Å². The van der Waals surface area contributed by atoms with Crippen molar-refractivity contribution in [2.75, 3.05) is 10.6 Å². The number of hydrogen-bond donors (Lipinski definition) is 2. The molecule has 6 nitrogen and oxygen atoms in total. The quantitative estimate of drug-likeness (QED) is 0.201. The van der Waals surface area contributed by atoms with E-state index in [0.717, 1.165) is 18.2 Å². The Balaban J connectivity index is 1.50. The van der Waals surface area contributed by atoms with Crippen LogP contribution < -0.4 is 10.6 Å². The summed E-state index contributed by atoms with van der Waals surface area (Å²) in [5.74, 6) is -11.6. The maximum atomic E-state index is 15.1. The Morgan fingerprint density at radius 3 is 2.19 bits per heavy atom. The molecule has 0 aliphatic heterocycles. The molecule has 0 bridgehead atoms. The number of hydrogen-bond acceptors (Lipinski definition) is 4. The van der Waals surface area contributed by atoms with E-state index in [1.54, 1.807) is 20.8 Å².